The van der Waals surface area contributed by atoms with E-state index in [4.69, 9.17) is 5.73 Å². The molecule has 0 radical (unpaired) electrons. The molecule has 0 saturated carbocycles. The van der Waals surface area contributed by atoms with Gasteiger partial charge in [-0.25, -0.2) is 4.39 Å². The van der Waals surface area contributed by atoms with E-state index in [9.17, 15) is 4.39 Å². The quantitative estimate of drug-likeness (QED) is 0.485. The lowest BCUT2D eigenvalue weighted by Gasteiger charge is -2.15. The van der Waals surface area contributed by atoms with E-state index in [1.54, 1.807) is 12.2 Å². The van der Waals surface area contributed by atoms with Gasteiger partial charge in [-0.05, 0) is 19.1 Å². The summed E-state index contributed by atoms with van der Waals surface area (Å²) in [6, 6.07) is -0.103. The third-order valence-corrected chi connectivity index (χ3v) is 1.29. The van der Waals surface area contributed by atoms with Crippen LogP contribution in [0.4, 0.5) is 4.39 Å². The van der Waals surface area contributed by atoms with Gasteiger partial charge in [0.05, 0.1) is 0 Å². The minimum Gasteiger partial charge on any atom is -0.321 e. The van der Waals surface area contributed by atoms with Crippen LogP contribution in [0.25, 0.3) is 0 Å². The van der Waals surface area contributed by atoms with Crippen molar-refractivity contribution in [1.29, 1.82) is 0 Å². The van der Waals surface area contributed by atoms with Crippen LogP contribution in [-0.2, 0) is 0 Å². The molecule has 1 rings (SSSR count). The van der Waals surface area contributed by atoms with E-state index in [1.807, 2.05) is 0 Å². The standard InChI is InChI=1S/C7H10FN/c1-7(8)4-2-6(9)3-5-7/h2-6H,9H2,1H3. The minimum atomic E-state index is -1.28. The first-order valence-electron chi connectivity index (χ1n) is 2.93. The van der Waals surface area contributed by atoms with Crippen LogP contribution < -0.4 is 5.73 Å². The molecule has 0 fully saturated rings. The fourth-order valence-corrected chi connectivity index (χ4v) is 0.718. The van der Waals surface area contributed by atoms with Crippen LogP contribution in [0, 0.1) is 0 Å². The number of hydrogen-bond acceptors (Lipinski definition) is 1. The van der Waals surface area contributed by atoms with Gasteiger partial charge in [0.25, 0.3) is 0 Å². The predicted molar refractivity (Wildman–Crippen MR) is 35.8 cm³/mol. The summed E-state index contributed by atoms with van der Waals surface area (Å²) >= 11 is 0. The second-order valence-corrected chi connectivity index (χ2v) is 2.45. The van der Waals surface area contributed by atoms with E-state index < -0.39 is 5.67 Å². The zero-order valence-corrected chi connectivity index (χ0v) is 5.34. The average molecular weight is 127 g/mol. The maximum Gasteiger partial charge on any atom is 0.144 e. The van der Waals surface area contributed by atoms with Gasteiger partial charge in [-0.15, -0.1) is 0 Å². The summed E-state index contributed by atoms with van der Waals surface area (Å²) in [5.74, 6) is 0. The number of alkyl halides is 1. The normalized spacial score (nSPS) is 41.4. The van der Waals surface area contributed by atoms with Crippen LogP contribution >= 0.6 is 0 Å². The SMILES string of the molecule is CC1(F)C=CC(N)C=C1. The van der Waals surface area contributed by atoms with Gasteiger partial charge >= 0.3 is 0 Å². The van der Waals surface area contributed by atoms with Crippen molar-refractivity contribution in [1.82, 2.24) is 0 Å². The van der Waals surface area contributed by atoms with Crippen molar-refractivity contribution in [3.63, 3.8) is 0 Å². The predicted octanol–water partition coefficient (Wildman–Crippen LogP) is 1.17. The van der Waals surface area contributed by atoms with Crippen molar-refractivity contribution < 1.29 is 4.39 Å². The van der Waals surface area contributed by atoms with E-state index in [0.29, 0.717) is 0 Å². The zero-order chi connectivity index (χ0) is 6.91. The highest BCUT2D eigenvalue weighted by Gasteiger charge is 2.17. The highest BCUT2D eigenvalue weighted by atomic mass is 19.1. The second-order valence-electron chi connectivity index (χ2n) is 2.45. The number of halogens is 1. The lowest BCUT2D eigenvalue weighted by Crippen LogP contribution is -2.22. The van der Waals surface area contributed by atoms with Gasteiger partial charge in [0.1, 0.15) is 5.67 Å². The molecular formula is C7H10FN. The van der Waals surface area contributed by atoms with Gasteiger partial charge in [-0.3, -0.25) is 0 Å². The van der Waals surface area contributed by atoms with Crippen molar-refractivity contribution in [3.8, 4) is 0 Å². The summed E-state index contributed by atoms with van der Waals surface area (Å²) in [5, 5.41) is 0. The number of rotatable bonds is 0. The Bertz CT molecular complexity index is 142. The van der Waals surface area contributed by atoms with Gasteiger partial charge < -0.3 is 5.73 Å². The summed E-state index contributed by atoms with van der Waals surface area (Å²) in [7, 11) is 0. The van der Waals surface area contributed by atoms with Crippen molar-refractivity contribution in [2.45, 2.75) is 18.6 Å². The van der Waals surface area contributed by atoms with Crippen molar-refractivity contribution in [3.05, 3.63) is 24.3 Å². The fourth-order valence-electron chi connectivity index (χ4n) is 0.718. The smallest absolute Gasteiger partial charge is 0.144 e. The zero-order valence-electron chi connectivity index (χ0n) is 5.34. The molecule has 0 aromatic carbocycles. The van der Waals surface area contributed by atoms with Crippen LogP contribution in [0.3, 0.4) is 0 Å². The molecule has 0 unspecified atom stereocenters. The van der Waals surface area contributed by atoms with Crippen LogP contribution in [0.15, 0.2) is 24.3 Å². The first-order valence-corrected chi connectivity index (χ1v) is 2.93. The van der Waals surface area contributed by atoms with E-state index in [-0.39, 0.29) is 6.04 Å². The van der Waals surface area contributed by atoms with Crippen molar-refractivity contribution in [2.75, 3.05) is 0 Å². The molecule has 0 bridgehead atoms. The Morgan fingerprint density at radius 3 is 2.22 bits per heavy atom. The Balaban J connectivity index is 2.70. The molecule has 2 N–H and O–H groups in total. The molecule has 1 aliphatic rings. The summed E-state index contributed by atoms with van der Waals surface area (Å²) in [4.78, 5) is 0. The topological polar surface area (TPSA) is 26.0 Å². The van der Waals surface area contributed by atoms with Crippen molar-refractivity contribution in [2.24, 2.45) is 5.73 Å². The molecule has 9 heavy (non-hydrogen) atoms. The molecule has 0 atom stereocenters. The van der Waals surface area contributed by atoms with Gasteiger partial charge in [-0.1, -0.05) is 12.2 Å². The highest BCUT2D eigenvalue weighted by Crippen LogP contribution is 2.17. The Kier molecular flexibility index (Phi) is 1.41. The van der Waals surface area contributed by atoms with E-state index in [1.165, 1.54) is 19.1 Å². The second kappa shape index (κ2) is 1.95. The van der Waals surface area contributed by atoms with Crippen LogP contribution in [0.1, 0.15) is 6.92 Å². The molecule has 1 aliphatic carbocycles. The molecule has 0 heterocycles. The van der Waals surface area contributed by atoms with Crippen LogP contribution in [0.5, 0.6) is 0 Å². The first-order chi connectivity index (χ1) is 4.10. The fraction of sp³-hybridized carbons (Fsp3) is 0.429. The Hall–Kier alpha value is -0.630. The molecule has 0 aliphatic heterocycles. The van der Waals surface area contributed by atoms with Crippen LogP contribution in [-0.4, -0.2) is 11.7 Å². The van der Waals surface area contributed by atoms with Gasteiger partial charge in [0.2, 0.25) is 0 Å². The number of nitrogens with two attached hydrogens (primary N) is 1. The molecule has 2 heteroatoms. The maximum absolute atomic E-state index is 12.8. The largest absolute Gasteiger partial charge is 0.321 e. The molecule has 0 spiro atoms. The lowest BCUT2D eigenvalue weighted by atomic mass is 10.0. The monoisotopic (exact) mass is 127 g/mol. The molecule has 50 valence electrons. The van der Waals surface area contributed by atoms with Crippen molar-refractivity contribution >= 4 is 0 Å². The lowest BCUT2D eigenvalue weighted by molar-refractivity contribution is 0.324. The summed E-state index contributed by atoms with van der Waals surface area (Å²) < 4.78 is 12.8. The maximum atomic E-state index is 12.8. The molecule has 1 nitrogen and oxygen atoms in total. The Morgan fingerprint density at radius 1 is 1.44 bits per heavy atom. The summed E-state index contributed by atoms with van der Waals surface area (Å²) in [6.07, 6.45) is 6.25. The molecule has 0 amide bonds. The van der Waals surface area contributed by atoms with E-state index in [2.05, 4.69) is 0 Å². The third kappa shape index (κ3) is 1.64. The van der Waals surface area contributed by atoms with E-state index >= 15 is 0 Å². The summed E-state index contributed by atoms with van der Waals surface area (Å²) in [6.45, 7) is 1.49. The average Bonchev–Trinajstić information content (AvgIpc) is 1.78. The van der Waals surface area contributed by atoms with Gasteiger partial charge in [0.15, 0.2) is 0 Å². The number of hydrogen-bond donors (Lipinski definition) is 1. The number of allylic oxidation sites excluding steroid dienone is 2. The third-order valence-electron chi connectivity index (χ3n) is 1.29. The summed E-state index contributed by atoms with van der Waals surface area (Å²) in [5.41, 5.74) is 4.13. The molecular weight excluding hydrogens is 117 g/mol. The van der Waals surface area contributed by atoms with Crippen LogP contribution in [0.2, 0.25) is 0 Å². The first kappa shape index (κ1) is 6.49. The molecule has 0 saturated heterocycles. The van der Waals surface area contributed by atoms with Gasteiger partial charge in [-0.2, -0.15) is 0 Å². The minimum absolute atomic E-state index is 0.103. The van der Waals surface area contributed by atoms with E-state index in [0.717, 1.165) is 0 Å². The highest BCUT2D eigenvalue weighted by molar-refractivity contribution is 5.22. The van der Waals surface area contributed by atoms with Gasteiger partial charge in [0, 0.05) is 6.04 Å². The molecule has 0 aromatic heterocycles. The molecule has 0 aromatic rings. The Morgan fingerprint density at radius 2 is 1.89 bits per heavy atom. The Labute approximate surface area is 54.0 Å².